The van der Waals surface area contributed by atoms with E-state index in [1.165, 1.54) is 12.2 Å². The largest absolute Gasteiger partial charge is 0.159 e. The molecule has 0 aliphatic heterocycles. The molecule has 0 radical (unpaired) electrons. The Hall–Kier alpha value is 0.350. The highest BCUT2D eigenvalue weighted by Gasteiger charge is 2.22. The van der Waals surface area contributed by atoms with Gasteiger partial charge < -0.3 is 0 Å². The summed E-state index contributed by atoms with van der Waals surface area (Å²) in [7, 11) is 0. The summed E-state index contributed by atoms with van der Waals surface area (Å²) in [6.45, 7) is 18.7. The average molecular weight is 230 g/mol. The quantitative estimate of drug-likeness (QED) is 0.637. The molecule has 15 heavy (non-hydrogen) atoms. The Morgan fingerprint density at radius 3 is 1.73 bits per heavy atom. The highest BCUT2D eigenvalue weighted by Crippen LogP contribution is 2.33. The van der Waals surface area contributed by atoms with Crippen LogP contribution in [0.15, 0.2) is 0 Å². The first-order valence-corrected chi connectivity index (χ1v) is 7.19. The Bertz CT molecular complexity index is 171. The highest BCUT2D eigenvalue weighted by molar-refractivity contribution is 7.99. The van der Waals surface area contributed by atoms with Gasteiger partial charge in [-0.05, 0) is 28.9 Å². The van der Waals surface area contributed by atoms with Crippen LogP contribution in [0.2, 0.25) is 0 Å². The number of thioether (sulfide) groups is 1. The molecule has 0 heterocycles. The third-order valence-corrected chi connectivity index (χ3v) is 4.44. The van der Waals surface area contributed by atoms with Crippen molar-refractivity contribution >= 4 is 11.8 Å². The van der Waals surface area contributed by atoms with Crippen LogP contribution < -0.4 is 0 Å². The smallest absolute Gasteiger partial charge is 0.00237 e. The van der Waals surface area contributed by atoms with Crippen LogP contribution in [-0.4, -0.2) is 11.0 Å². The normalized spacial score (nSPS) is 17.6. The van der Waals surface area contributed by atoms with Crippen molar-refractivity contribution in [3.05, 3.63) is 0 Å². The van der Waals surface area contributed by atoms with Gasteiger partial charge in [0, 0.05) is 5.25 Å². The fourth-order valence-electron chi connectivity index (χ4n) is 1.48. The Morgan fingerprint density at radius 1 is 0.933 bits per heavy atom. The van der Waals surface area contributed by atoms with Crippen molar-refractivity contribution in [2.24, 2.45) is 16.7 Å². The third kappa shape index (κ3) is 8.19. The monoisotopic (exact) mass is 230 g/mol. The molecule has 0 spiro atoms. The maximum atomic E-state index is 2.37. The summed E-state index contributed by atoms with van der Waals surface area (Å²) in [4.78, 5) is 0. The molecule has 0 nitrogen and oxygen atoms in total. The predicted octanol–water partition coefficient (Wildman–Crippen LogP) is 5.23. The molecular formula is C14H30S. The Morgan fingerprint density at radius 2 is 1.40 bits per heavy atom. The van der Waals surface area contributed by atoms with Crippen molar-refractivity contribution in [3.63, 3.8) is 0 Å². The Balaban J connectivity index is 3.87. The van der Waals surface area contributed by atoms with Gasteiger partial charge in [0.2, 0.25) is 0 Å². The maximum Gasteiger partial charge on any atom is 0.00237 e. The van der Waals surface area contributed by atoms with E-state index < -0.39 is 0 Å². The molecule has 0 saturated heterocycles. The lowest BCUT2D eigenvalue weighted by molar-refractivity contribution is 0.288. The molecule has 92 valence electrons. The van der Waals surface area contributed by atoms with Gasteiger partial charge >= 0.3 is 0 Å². The lowest BCUT2D eigenvalue weighted by Crippen LogP contribution is -2.21. The van der Waals surface area contributed by atoms with E-state index in [1.807, 2.05) is 0 Å². The number of rotatable bonds is 4. The molecule has 0 N–H and O–H groups in total. The molecule has 0 aliphatic carbocycles. The molecule has 2 unspecified atom stereocenters. The Labute approximate surface area is 102 Å². The minimum Gasteiger partial charge on any atom is -0.159 e. The van der Waals surface area contributed by atoms with Crippen molar-refractivity contribution in [2.45, 2.75) is 67.1 Å². The van der Waals surface area contributed by atoms with Crippen LogP contribution in [0.4, 0.5) is 0 Å². The van der Waals surface area contributed by atoms with Gasteiger partial charge in [-0.15, -0.1) is 0 Å². The van der Waals surface area contributed by atoms with Crippen molar-refractivity contribution in [2.75, 3.05) is 5.75 Å². The van der Waals surface area contributed by atoms with E-state index in [2.05, 4.69) is 67.2 Å². The molecule has 0 aromatic rings. The summed E-state index contributed by atoms with van der Waals surface area (Å²) in [6, 6.07) is 0. The van der Waals surface area contributed by atoms with Gasteiger partial charge in [-0.2, -0.15) is 11.8 Å². The van der Waals surface area contributed by atoms with Gasteiger partial charge in [0.15, 0.2) is 0 Å². The molecule has 0 rings (SSSR count). The second-order valence-corrected chi connectivity index (χ2v) is 8.65. The van der Waals surface area contributed by atoms with Crippen molar-refractivity contribution in [1.29, 1.82) is 0 Å². The molecule has 0 amide bonds. The zero-order chi connectivity index (χ0) is 12.3. The molecule has 0 bridgehead atoms. The summed E-state index contributed by atoms with van der Waals surface area (Å²) in [6.07, 6.45) is 1.31. The van der Waals surface area contributed by atoms with Crippen LogP contribution in [0.3, 0.4) is 0 Å². The minimum absolute atomic E-state index is 0.453. The second-order valence-electron chi connectivity index (χ2n) is 7.18. The van der Waals surface area contributed by atoms with Crippen LogP contribution in [0.1, 0.15) is 61.8 Å². The lowest BCUT2D eigenvalue weighted by atomic mass is 9.83. The topological polar surface area (TPSA) is 0 Å². The zero-order valence-corrected chi connectivity index (χ0v) is 12.8. The summed E-state index contributed by atoms with van der Waals surface area (Å²) >= 11 is 2.14. The van der Waals surface area contributed by atoms with E-state index in [-0.39, 0.29) is 0 Å². The number of hydrogen-bond donors (Lipinski definition) is 0. The maximum absolute atomic E-state index is 2.37. The third-order valence-electron chi connectivity index (χ3n) is 3.01. The van der Waals surface area contributed by atoms with Crippen LogP contribution >= 0.6 is 11.8 Å². The fraction of sp³-hybridized carbons (Fsp3) is 1.00. The van der Waals surface area contributed by atoms with Crippen LogP contribution in [0.5, 0.6) is 0 Å². The minimum atomic E-state index is 0.453. The molecular weight excluding hydrogens is 200 g/mol. The SMILES string of the molecule is CC(CC(C)(C)C)SCC(C)C(C)(C)C. The fourth-order valence-corrected chi connectivity index (χ4v) is 3.21. The van der Waals surface area contributed by atoms with E-state index in [0.29, 0.717) is 10.8 Å². The average Bonchev–Trinajstić information content (AvgIpc) is 1.94. The van der Waals surface area contributed by atoms with Crippen molar-refractivity contribution in [1.82, 2.24) is 0 Å². The van der Waals surface area contributed by atoms with E-state index in [0.717, 1.165) is 11.2 Å². The Kier molecular flexibility index (Phi) is 5.74. The molecule has 0 fully saturated rings. The van der Waals surface area contributed by atoms with Gasteiger partial charge in [-0.3, -0.25) is 0 Å². The van der Waals surface area contributed by atoms with Crippen LogP contribution in [-0.2, 0) is 0 Å². The first-order valence-electron chi connectivity index (χ1n) is 6.14. The molecule has 0 saturated carbocycles. The summed E-state index contributed by atoms with van der Waals surface area (Å²) < 4.78 is 0. The summed E-state index contributed by atoms with van der Waals surface area (Å²) in [5, 5.41) is 0.787. The summed E-state index contributed by atoms with van der Waals surface area (Å²) in [5.41, 5.74) is 0.922. The zero-order valence-electron chi connectivity index (χ0n) is 12.0. The molecule has 0 aromatic carbocycles. The van der Waals surface area contributed by atoms with Crippen LogP contribution in [0.25, 0.3) is 0 Å². The van der Waals surface area contributed by atoms with Gasteiger partial charge in [0.05, 0.1) is 0 Å². The van der Waals surface area contributed by atoms with E-state index in [4.69, 9.17) is 0 Å². The molecule has 2 atom stereocenters. The first kappa shape index (κ1) is 15.3. The predicted molar refractivity (Wildman–Crippen MR) is 74.6 cm³/mol. The van der Waals surface area contributed by atoms with Crippen LogP contribution in [0, 0.1) is 16.7 Å². The lowest BCUT2D eigenvalue weighted by Gasteiger charge is -2.29. The van der Waals surface area contributed by atoms with Gasteiger partial charge in [0.25, 0.3) is 0 Å². The summed E-state index contributed by atoms with van der Waals surface area (Å²) in [5.74, 6) is 2.09. The van der Waals surface area contributed by atoms with E-state index in [1.54, 1.807) is 0 Å². The first-order chi connectivity index (χ1) is 6.52. The van der Waals surface area contributed by atoms with Crippen molar-refractivity contribution < 1.29 is 0 Å². The van der Waals surface area contributed by atoms with E-state index >= 15 is 0 Å². The second kappa shape index (κ2) is 5.61. The standard InChI is InChI=1S/C14H30S/c1-11(14(6,7)8)10-15-12(2)9-13(3,4)5/h11-12H,9-10H2,1-8H3. The van der Waals surface area contributed by atoms with Gasteiger partial charge in [0.1, 0.15) is 0 Å². The highest BCUT2D eigenvalue weighted by atomic mass is 32.2. The molecule has 0 aliphatic rings. The van der Waals surface area contributed by atoms with Crippen molar-refractivity contribution in [3.8, 4) is 0 Å². The van der Waals surface area contributed by atoms with Gasteiger partial charge in [-0.25, -0.2) is 0 Å². The molecule has 0 aromatic heterocycles. The molecule has 1 heteroatoms. The van der Waals surface area contributed by atoms with E-state index in [9.17, 15) is 0 Å². The number of hydrogen-bond acceptors (Lipinski definition) is 1. The van der Waals surface area contributed by atoms with Gasteiger partial charge in [-0.1, -0.05) is 55.4 Å².